The van der Waals surface area contributed by atoms with E-state index >= 15 is 0 Å². The fourth-order valence-corrected chi connectivity index (χ4v) is 2.26. The molecule has 0 spiro atoms. The molecule has 0 bridgehead atoms. The summed E-state index contributed by atoms with van der Waals surface area (Å²) in [4.78, 5) is 4.15. The average molecular weight is 251 g/mol. The molecule has 1 heterocycles. The second kappa shape index (κ2) is 4.52. The first kappa shape index (κ1) is 10.9. The van der Waals surface area contributed by atoms with Gasteiger partial charge in [-0.05, 0) is 18.2 Å². The van der Waals surface area contributed by atoms with E-state index in [9.17, 15) is 0 Å². The molecule has 0 radical (unpaired) electrons. The van der Waals surface area contributed by atoms with E-state index in [1.54, 1.807) is 24.6 Å². The third-order valence-corrected chi connectivity index (χ3v) is 3.20. The van der Waals surface area contributed by atoms with Gasteiger partial charge in [-0.1, -0.05) is 11.6 Å². The smallest absolute Gasteiger partial charge is 0.152 e. The fraction of sp³-hybridized carbons (Fsp3) is 0.0909. The Kier molecular flexibility index (Phi) is 3.09. The summed E-state index contributed by atoms with van der Waals surface area (Å²) in [5.41, 5.74) is 1.31. The number of methoxy groups -OCH3 is 1. The van der Waals surface area contributed by atoms with E-state index < -0.39 is 0 Å². The molecule has 1 aromatic carbocycles. The molecule has 0 saturated carbocycles. The van der Waals surface area contributed by atoms with Crippen molar-refractivity contribution in [2.75, 3.05) is 7.11 Å². The number of nitrogens with zero attached hydrogens (tertiary/aromatic N) is 2. The van der Waals surface area contributed by atoms with Crippen LogP contribution in [-0.4, -0.2) is 12.1 Å². The Hall–Kier alpha value is -1.57. The molecule has 0 fully saturated rings. The summed E-state index contributed by atoms with van der Waals surface area (Å²) < 4.78 is 5.06. The summed E-state index contributed by atoms with van der Waals surface area (Å²) in [5, 5.41) is 11.7. The molecule has 0 aliphatic rings. The second-order valence-corrected chi connectivity index (χ2v) is 4.26. The van der Waals surface area contributed by atoms with Crippen LogP contribution in [-0.2, 0) is 0 Å². The van der Waals surface area contributed by atoms with Crippen molar-refractivity contribution in [1.82, 2.24) is 4.98 Å². The average Bonchev–Trinajstić information content (AvgIpc) is 2.77. The molecule has 5 heteroatoms. The Morgan fingerprint density at radius 2 is 2.31 bits per heavy atom. The summed E-state index contributed by atoms with van der Waals surface area (Å²) in [6, 6.07) is 7.42. The van der Waals surface area contributed by atoms with Crippen molar-refractivity contribution in [3.05, 3.63) is 34.3 Å². The maximum Gasteiger partial charge on any atom is 0.152 e. The molecule has 0 amide bonds. The van der Waals surface area contributed by atoms with E-state index in [0.29, 0.717) is 16.5 Å². The molecular formula is C11H7ClN2OS. The van der Waals surface area contributed by atoms with Crippen LogP contribution in [0.15, 0.2) is 23.6 Å². The van der Waals surface area contributed by atoms with Crippen molar-refractivity contribution in [1.29, 1.82) is 5.26 Å². The van der Waals surface area contributed by atoms with Crippen molar-refractivity contribution in [3.8, 4) is 22.4 Å². The van der Waals surface area contributed by atoms with Crippen molar-refractivity contribution < 1.29 is 4.74 Å². The molecule has 1 aromatic heterocycles. The molecule has 2 aromatic rings. The predicted octanol–water partition coefficient (Wildman–Crippen LogP) is 3.34. The first-order valence-corrected chi connectivity index (χ1v) is 5.70. The van der Waals surface area contributed by atoms with Gasteiger partial charge < -0.3 is 4.74 Å². The van der Waals surface area contributed by atoms with E-state index in [2.05, 4.69) is 4.98 Å². The van der Waals surface area contributed by atoms with Crippen LogP contribution in [0.4, 0.5) is 0 Å². The third-order valence-electron chi connectivity index (χ3n) is 2.02. The zero-order valence-corrected chi connectivity index (χ0v) is 9.97. The maximum absolute atomic E-state index is 8.68. The fourth-order valence-electron chi connectivity index (χ4n) is 1.26. The van der Waals surface area contributed by atoms with E-state index in [1.165, 1.54) is 11.3 Å². The van der Waals surface area contributed by atoms with Crippen LogP contribution < -0.4 is 4.74 Å². The summed E-state index contributed by atoms with van der Waals surface area (Å²) >= 11 is 7.42. The lowest BCUT2D eigenvalue weighted by molar-refractivity contribution is 0.415. The lowest BCUT2D eigenvalue weighted by atomic mass is 10.2. The van der Waals surface area contributed by atoms with Gasteiger partial charge in [-0.15, -0.1) is 11.3 Å². The van der Waals surface area contributed by atoms with Gasteiger partial charge in [0, 0.05) is 10.9 Å². The highest BCUT2D eigenvalue weighted by molar-refractivity contribution is 7.13. The number of aromatic nitrogens is 1. The molecule has 0 saturated heterocycles. The van der Waals surface area contributed by atoms with Gasteiger partial charge in [0.15, 0.2) is 5.69 Å². The number of halogens is 1. The number of rotatable bonds is 2. The molecule has 0 atom stereocenters. The van der Waals surface area contributed by atoms with Crippen LogP contribution in [0.5, 0.6) is 5.75 Å². The van der Waals surface area contributed by atoms with Gasteiger partial charge in [0.1, 0.15) is 16.8 Å². The van der Waals surface area contributed by atoms with E-state index in [4.69, 9.17) is 21.6 Å². The van der Waals surface area contributed by atoms with Crippen LogP contribution >= 0.6 is 22.9 Å². The molecule has 0 aliphatic heterocycles. The minimum absolute atomic E-state index is 0.423. The van der Waals surface area contributed by atoms with Gasteiger partial charge in [0.05, 0.1) is 12.1 Å². The second-order valence-electron chi connectivity index (χ2n) is 3.00. The van der Waals surface area contributed by atoms with Crippen molar-refractivity contribution in [2.45, 2.75) is 0 Å². The molecular weight excluding hydrogens is 244 g/mol. The Morgan fingerprint density at radius 3 is 2.88 bits per heavy atom. The Morgan fingerprint density at radius 1 is 1.50 bits per heavy atom. The zero-order chi connectivity index (χ0) is 11.5. The predicted molar refractivity (Wildman–Crippen MR) is 63.8 cm³/mol. The standard InChI is InChI=1S/C11H7ClN2OS/c1-15-10-3-2-7(4-9(10)12)11-14-8(5-13)6-16-11/h2-4,6H,1H3. The van der Waals surface area contributed by atoms with Crippen LogP contribution in [0.3, 0.4) is 0 Å². The monoisotopic (exact) mass is 250 g/mol. The molecule has 0 unspecified atom stereocenters. The van der Waals surface area contributed by atoms with Crippen molar-refractivity contribution in [2.24, 2.45) is 0 Å². The van der Waals surface area contributed by atoms with Crippen LogP contribution in [0.25, 0.3) is 10.6 Å². The lowest BCUT2D eigenvalue weighted by Crippen LogP contribution is -1.84. The normalized spacial score (nSPS) is 9.81. The van der Waals surface area contributed by atoms with Gasteiger partial charge in [-0.3, -0.25) is 0 Å². The van der Waals surface area contributed by atoms with E-state index in [0.717, 1.165) is 10.6 Å². The van der Waals surface area contributed by atoms with Crippen LogP contribution in [0, 0.1) is 11.3 Å². The number of ether oxygens (including phenoxy) is 1. The largest absolute Gasteiger partial charge is 0.495 e. The topological polar surface area (TPSA) is 45.9 Å². The lowest BCUT2D eigenvalue weighted by Gasteiger charge is -2.03. The van der Waals surface area contributed by atoms with Crippen molar-refractivity contribution >= 4 is 22.9 Å². The maximum atomic E-state index is 8.68. The van der Waals surface area contributed by atoms with Gasteiger partial charge in [0.2, 0.25) is 0 Å². The number of thiazole rings is 1. The number of benzene rings is 1. The molecule has 0 aliphatic carbocycles. The number of nitriles is 1. The summed E-state index contributed by atoms with van der Waals surface area (Å²) in [6.07, 6.45) is 0. The van der Waals surface area contributed by atoms with Gasteiger partial charge in [-0.2, -0.15) is 5.26 Å². The SMILES string of the molecule is COc1ccc(-c2nc(C#N)cs2)cc1Cl. The van der Waals surface area contributed by atoms with E-state index in [1.807, 2.05) is 12.1 Å². The first-order chi connectivity index (χ1) is 7.74. The molecule has 0 N–H and O–H groups in total. The summed E-state index contributed by atoms with van der Waals surface area (Å²) in [5.74, 6) is 0.627. The van der Waals surface area contributed by atoms with Gasteiger partial charge in [0.25, 0.3) is 0 Å². The highest BCUT2D eigenvalue weighted by Crippen LogP contribution is 2.31. The van der Waals surface area contributed by atoms with Gasteiger partial charge in [-0.25, -0.2) is 4.98 Å². The van der Waals surface area contributed by atoms with Crippen molar-refractivity contribution in [3.63, 3.8) is 0 Å². The summed E-state index contributed by atoms with van der Waals surface area (Å²) in [7, 11) is 1.57. The highest BCUT2D eigenvalue weighted by atomic mass is 35.5. The van der Waals surface area contributed by atoms with Crippen LogP contribution in [0.2, 0.25) is 5.02 Å². The number of hydrogen-bond donors (Lipinski definition) is 0. The highest BCUT2D eigenvalue weighted by Gasteiger charge is 2.07. The quantitative estimate of drug-likeness (QED) is 0.821. The van der Waals surface area contributed by atoms with Gasteiger partial charge >= 0.3 is 0 Å². The summed E-state index contributed by atoms with van der Waals surface area (Å²) in [6.45, 7) is 0. The zero-order valence-electron chi connectivity index (χ0n) is 8.40. The Balaban J connectivity index is 2.42. The molecule has 80 valence electrons. The molecule has 3 nitrogen and oxygen atoms in total. The minimum atomic E-state index is 0.423. The molecule has 16 heavy (non-hydrogen) atoms. The van der Waals surface area contributed by atoms with E-state index in [-0.39, 0.29) is 0 Å². The first-order valence-electron chi connectivity index (χ1n) is 4.44. The number of hydrogen-bond acceptors (Lipinski definition) is 4. The minimum Gasteiger partial charge on any atom is -0.495 e. The Labute approximate surface area is 102 Å². The molecule has 2 rings (SSSR count). The third kappa shape index (κ3) is 2.01. The van der Waals surface area contributed by atoms with Crippen LogP contribution in [0.1, 0.15) is 5.69 Å². The Bertz CT molecular complexity index is 559.